The number of hydrogen-bond donors (Lipinski definition) is 3. The highest BCUT2D eigenvalue weighted by Gasteiger charge is 2.41. The fourth-order valence-electron chi connectivity index (χ4n) is 5.54. The van der Waals surface area contributed by atoms with Crippen LogP contribution in [0, 0.1) is 24.2 Å². The molecular formula is C30H29N9O2. The number of hydrogen-bond acceptors (Lipinski definition) is 8. The van der Waals surface area contributed by atoms with Crippen LogP contribution in [0.3, 0.4) is 0 Å². The Morgan fingerprint density at radius 1 is 1.17 bits per heavy atom. The average molecular weight is 548 g/mol. The summed E-state index contributed by atoms with van der Waals surface area (Å²) in [5, 5.41) is 10.6. The van der Waals surface area contributed by atoms with Gasteiger partial charge >= 0.3 is 0 Å². The maximum absolute atomic E-state index is 12.4. The van der Waals surface area contributed by atoms with Crippen LogP contribution in [0.4, 0.5) is 17.3 Å². The number of carbonyl (C=O) groups is 1. The molecule has 2 aliphatic rings. The number of pyridine rings is 2. The highest BCUT2D eigenvalue weighted by Crippen LogP contribution is 2.35. The number of amides is 1. The number of piperazine rings is 1. The topological polar surface area (TPSA) is 135 Å². The maximum atomic E-state index is 12.4. The molecule has 6 rings (SSSR count). The molecule has 1 aromatic carbocycles. The number of aromatic amines is 1. The van der Waals surface area contributed by atoms with Gasteiger partial charge < -0.3 is 24.8 Å². The van der Waals surface area contributed by atoms with Gasteiger partial charge in [-0.1, -0.05) is 5.92 Å². The lowest BCUT2D eigenvalue weighted by molar-refractivity contribution is -0.126. The molecule has 3 N–H and O–H groups in total. The highest BCUT2D eigenvalue weighted by atomic mass is 16.5. The average Bonchev–Trinajstić information content (AvgIpc) is 3.23. The quantitative estimate of drug-likeness (QED) is 0.189. The molecule has 0 aliphatic carbocycles. The molecule has 11 nitrogen and oxygen atoms in total. The third-order valence-corrected chi connectivity index (χ3v) is 7.36. The van der Waals surface area contributed by atoms with E-state index in [2.05, 4.69) is 42.0 Å². The van der Waals surface area contributed by atoms with E-state index in [-0.39, 0.29) is 18.0 Å². The van der Waals surface area contributed by atoms with Crippen molar-refractivity contribution in [3.8, 4) is 23.3 Å². The summed E-state index contributed by atoms with van der Waals surface area (Å²) >= 11 is 0. The molecule has 11 heteroatoms. The molecule has 0 saturated carbocycles. The van der Waals surface area contributed by atoms with Crippen molar-refractivity contribution >= 4 is 40.6 Å². The number of anilines is 3. The van der Waals surface area contributed by atoms with Gasteiger partial charge in [0.25, 0.3) is 5.91 Å². The molecule has 3 aromatic heterocycles. The van der Waals surface area contributed by atoms with E-state index < -0.39 is 0 Å². The first kappa shape index (κ1) is 26.0. The summed E-state index contributed by atoms with van der Waals surface area (Å²) in [6.45, 7) is 4.96. The van der Waals surface area contributed by atoms with Crippen LogP contribution in [0.25, 0.3) is 11.0 Å². The lowest BCUT2D eigenvalue weighted by Crippen LogP contribution is -2.55. The number of ether oxygens (including phenoxy) is 1. The molecule has 2 aliphatic heterocycles. The Labute approximate surface area is 236 Å². The standard InChI is InChI=1S/C30H29N9O2/c1-3-4-28(40)38-15-21-6-7-22(16-38)39(21)27-10-8-24-29(37-27)30(35-18-34-24)36-20-5-9-25(19(2)13-20)41-23-11-12-32-26(14-23)33-17-31/h5,8-14,17-18,21-22H,6-7,15-16H2,1-2H3,(H2,31,32,33)(H,34,35,36). The first-order valence-electron chi connectivity index (χ1n) is 13.4. The van der Waals surface area contributed by atoms with E-state index in [1.54, 1.807) is 25.3 Å². The van der Waals surface area contributed by atoms with Crippen molar-refractivity contribution in [2.75, 3.05) is 23.3 Å². The number of carbonyl (C=O) groups excluding carboxylic acids is 1. The molecule has 2 unspecified atom stereocenters. The maximum Gasteiger partial charge on any atom is 0.298 e. The van der Waals surface area contributed by atoms with E-state index in [0.29, 0.717) is 41.4 Å². The van der Waals surface area contributed by atoms with E-state index in [1.165, 1.54) is 6.33 Å². The molecule has 1 amide bonds. The lowest BCUT2D eigenvalue weighted by Gasteiger charge is -2.41. The molecule has 2 saturated heterocycles. The zero-order valence-electron chi connectivity index (χ0n) is 22.8. The van der Waals surface area contributed by atoms with Crippen molar-refractivity contribution in [1.82, 2.24) is 24.8 Å². The van der Waals surface area contributed by atoms with Gasteiger partial charge in [0.15, 0.2) is 5.82 Å². The van der Waals surface area contributed by atoms with Gasteiger partial charge in [-0.3, -0.25) is 10.2 Å². The van der Waals surface area contributed by atoms with Crippen molar-refractivity contribution in [3.05, 3.63) is 66.0 Å². The molecule has 2 atom stereocenters. The molecule has 2 fully saturated rings. The number of nitrogens with zero attached hydrogens (tertiary/aromatic N) is 6. The Kier molecular flexibility index (Phi) is 7.04. The van der Waals surface area contributed by atoms with Gasteiger partial charge in [0, 0.05) is 43.1 Å². The molecule has 0 spiro atoms. The van der Waals surface area contributed by atoms with Crippen LogP contribution in [0.2, 0.25) is 0 Å². The molecule has 5 heterocycles. The second-order valence-corrected chi connectivity index (χ2v) is 10.0. The number of H-pyrrole nitrogens is 1. The Bertz CT molecular complexity index is 1760. The van der Waals surface area contributed by atoms with Gasteiger partial charge in [-0.2, -0.15) is 0 Å². The Balaban J connectivity index is 1.24. The first-order valence-corrected chi connectivity index (χ1v) is 13.4. The largest absolute Gasteiger partial charge is 0.457 e. The van der Waals surface area contributed by atoms with Crippen molar-refractivity contribution in [3.63, 3.8) is 0 Å². The van der Waals surface area contributed by atoms with E-state index in [0.717, 1.165) is 41.8 Å². The summed E-state index contributed by atoms with van der Waals surface area (Å²) in [6.07, 6.45) is 6.25. The lowest BCUT2D eigenvalue weighted by atomic mass is 10.1. The van der Waals surface area contributed by atoms with Gasteiger partial charge in [-0.25, -0.2) is 19.9 Å². The Hall–Kier alpha value is -5.24. The number of fused-ring (bicyclic) bond motifs is 3. The molecule has 4 aromatic rings. The molecule has 206 valence electrons. The van der Waals surface area contributed by atoms with E-state index in [9.17, 15) is 4.79 Å². The summed E-state index contributed by atoms with van der Waals surface area (Å²) in [4.78, 5) is 37.5. The van der Waals surface area contributed by atoms with E-state index in [4.69, 9.17) is 15.1 Å². The molecular weight excluding hydrogens is 518 g/mol. The summed E-state index contributed by atoms with van der Waals surface area (Å²) in [5.41, 5.74) is 3.73. The van der Waals surface area contributed by atoms with Crippen LogP contribution >= 0.6 is 0 Å². The number of nitrogens with one attached hydrogen (secondary N) is 3. The van der Waals surface area contributed by atoms with Gasteiger partial charge in [0.2, 0.25) is 0 Å². The van der Waals surface area contributed by atoms with E-state index in [1.807, 2.05) is 42.2 Å². The highest BCUT2D eigenvalue weighted by molar-refractivity contribution is 5.94. The van der Waals surface area contributed by atoms with Crippen LogP contribution < -0.4 is 20.4 Å². The minimum Gasteiger partial charge on any atom is -0.457 e. The van der Waals surface area contributed by atoms with Crippen LogP contribution in [0.5, 0.6) is 11.5 Å². The number of benzene rings is 1. The number of likely N-dealkylation sites (tertiary alicyclic amines) is 1. The number of rotatable bonds is 6. The van der Waals surface area contributed by atoms with Crippen molar-refractivity contribution in [2.24, 2.45) is 4.99 Å². The van der Waals surface area contributed by atoms with Crippen LogP contribution in [-0.4, -0.2) is 62.3 Å². The number of aryl methyl sites for hydroxylation is 1. The van der Waals surface area contributed by atoms with Crippen LogP contribution in [0.15, 0.2) is 60.0 Å². The van der Waals surface area contributed by atoms with Crippen LogP contribution in [-0.2, 0) is 4.79 Å². The third kappa shape index (κ3) is 5.32. The van der Waals surface area contributed by atoms with Gasteiger partial charge in [-0.05, 0) is 74.6 Å². The van der Waals surface area contributed by atoms with Crippen molar-refractivity contribution in [1.29, 1.82) is 5.41 Å². The summed E-state index contributed by atoms with van der Waals surface area (Å²) in [5.74, 6) is 8.09. The Morgan fingerprint density at radius 2 is 2.00 bits per heavy atom. The summed E-state index contributed by atoms with van der Waals surface area (Å²) in [7, 11) is 0. The first-order chi connectivity index (χ1) is 20.0. The van der Waals surface area contributed by atoms with Crippen LogP contribution in [0.1, 0.15) is 25.3 Å². The SMILES string of the molecule is CC#CC(=O)N1CC2CCC(C1)N2c1ccc2ncnc(Nc3ccc(Oc4cc[nH]/c(=N\C=N)c4)c(C)c3)c2n1. The molecule has 2 bridgehead atoms. The normalized spacial score (nSPS) is 18.1. The number of aromatic nitrogens is 4. The van der Waals surface area contributed by atoms with Gasteiger partial charge in [-0.15, -0.1) is 0 Å². The predicted molar refractivity (Wildman–Crippen MR) is 156 cm³/mol. The van der Waals surface area contributed by atoms with Gasteiger partial charge in [0.1, 0.15) is 41.0 Å². The van der Waals surface area contributed by atoms with E-state index >= 15 is 0 Å². The Morgan fingerprint density at radius 3 is 2.76 bits per heavy atom. The minimum absolute atomic E-state index is 0.104. The second kappa shape index (κ2) is 11.1. The second-order valence-electron chi connectivity index (χ2n) is 10.0. The fraction of sp³-hybridized carbons (Fsp3) is 0.267. The van der Waals surface area contributed by atoms with Crippen molar-refractivity contribution < 1.29 is 9.53 Å². The fourth-order valence-corrected chi connectivity index (χ4v) is 5.54. The summed E-state index contributed by atoms with van der Waals surface area (Å²) in [6, 6.07) is 13.7. The monoisotopic (exact) mass is 547 g/mol. The molecule has 41 heavy (non-hydrogen) atoms. The minimum atomic E-state index is -0.104. The smallest absolute Gasteiger partial charge is 0.298 e. The summed E-state index contributed by atoms with van der Waals surface area (Å²) < 4.78 is 6.06. The zero-order valence-corrected chi connectivity index (χ0v) is 22.8. The van der Waals surface area contributed by atoms with Crippen molar-refractivity contribution in [2.45, 2.75) is 38.8 Å². The molecule has 0 radical (unpaired) electrons. The third-order valence-electron chi connectivity index (χ3n) is 7.36. The predicted octanol–water partition coefficient (Wildman–Crippen LogP) is 3.91. The van der Waals surface area contributed by atoms with Gasteiger partial charge in [0.05, 0.1) is 5.52 Å². The zero-order chi connectivity index (χ0) is 28.3.